The number of hydrogen-bond donors (Lipinski definition) is 1. The van der Waals surface area contributed by atoms with Crippen LogP contribution in [0.3, 0.4) is 0 Å². The van der Waals surface area contributed by atoms with Crippen LogP contribution in [0.1, 0.15) is 13.8 Å². The zero-order valence-electron chi connectivity index (χ0n) is 3.96. The van der Waals surface area contributed by atoms with Crippen LogP contribution in [0, 0.1) is 0 Å². The van der Waals surface area contributed by atoms with Crippen LogP contribution in [0.15, 0.2) is 0 Å². The highest BCUT2D eigenvalue weighted by atomic mass is 35.7. The Hall–Kier alpha value is 0.680. The number of hydrogen-bond acceptors (Lipinski definition) is 1. The van der Waals surface area contributed by atoms with E-state index in [1.165, 1.54) is 0 Å². The SMILES string of the molecule is CC(C)NPCl. The summed E-state index contributed by atoms with van der Waals surface area (Å²) in [6.45, 7) is 4.13. The molecule has 0 spiro atoms. The van der Waals surface area contributed by atoms with Gasteiger partial charge in [0.2, 0.25) is 0 Å². The Balaban J connectivity index is 2.63. The average molecular weight is 126 g/mol. The highest BCUT2D eigenvalue weighted by Gasteiger charge is 1.83. The molecular weight excluding hydrogens is 116 g/mol. The quantitative estimate of drug-likeness (QED) is 0.555. The van der Waals surface area contributed by atoms with E-state index in [9.17, 15) is 0 Å². The van der Waals surface area contributed by atoms with Crippen molar-refractivity contribution in [3.63, 3.8) is 0 Å². The third-order valence-electron chi connectivity index (χ3n) is 0.343. The van der Waals surface area contributed by atoms with Crippen LogP contribution >= 0.6 is 19.3 Å². The Kier molecular flexibility index (Phi) is 4.29. The van der Waals surface area contributed by atoms with Gasteiger partial charge in [0.1, 0.15) is 0 Å². The summed E-state index contributed by atoms with van der Waals surface area (Å²) in [4.78, 5) is 0. The molecule has 0 fully saturated rings. The maximum Gasteiger partial charge on any atom is 0.0453 e. The molecule has 0 aliphatic heterocycles. The zero-order valence-corrected chi connectivity index (χ0v) is 5.71. The highest BCUT2D eigenvalue weighted by molar-refractivity contribution is 7.66. The van der Waals surface area contributed by atoms with Crippen molar-refractivity contribution in [2.24, 2.45) is 0 Å². The summed E-state index contributed by atoms with van der Waals surface area (Å²) in [6.07, 6.45) is 0. The van der Waals surface area contributed by atoms with E-state index in [4.69, 9.17) is 11.2 Å². The van der Waals surface area contributed by atoms with E-state index < -0.39 is 0 Å². The van der Waals surface area contributed by atoms with Gasteiger partial charge in [-0.05, 0) is 13.8 Å². The molecule has 1 N–H and O–H groups in total. The van der Waals surface area contributed by atoms with Gasteiger partial charge in [-0.15, -0.1) is 0 Å². The van der Waals surface area contributed by atoms with Gasteiger partial charge < -0.3 is 0 Å². The zero-order chi connectivity index (χ0) is 4.99. The Labute approximate surface area is 45.1 Å². The first kappa shape index (κ1) is 6.68. The van der Waals surface area contributed by atoms with Gasteiger partial charge in [0, 0.05) is 14.1 Å². The van der Waals surface area contributed by atoms with Crippen molar-refractivity contribution in [1.29, 1.82) is 0 Å². The lowest BCUT2D eigenvalue weighted by Gasteiger charge is -1.99. The van der Waals surface area contributed by atoms with Gasteiger partial charge in [0.05, 0.1) is 0 Å². The van der Waals surface area contributed by atoms with Crippen LogP contribution < -0.4 is 5.09 Å². The molecule has 0 aromatic rings. The Bertz CT molecular complexity index is 32.0. The molecule has 38 valence electrons. The molecule has 0 amide bonds. The molecule has 1 unspecified atom stereocenters. The van der Waals surface area contributed by atoms with E-state index in [0.717, 1.165) is 0 Å². The topological polar surface area (TPSA) is 12.0 Å². The summed E-state index contributed by atoms with van der Waals surface area (Å²) < 4.78 is 0. The Morgan fingerprint density at radius 3 is 2.17 bits per heavy atom. The Morgan fingerprint density at radius 2 is 2.17 bits per heavy atom. The third-order valence-corrected chi connectivity index (χ3v) is 1.36. The van der Waals surface area contributed by atoms with Crippen molar-refractivity contribution in [1.82, 2.24) is 5.09 Å². The second-order valence-electron chi connectivity index (χ2n) is 1.39. The van der Waals surface area contributed by atoms with Crippen LogP contribution in [-0.4, -0.2) is 6.04 Å². The molecule has 0 aliphatic rings. The smallest absolute Gasteiger partial charge is 0.0453 e. The fourth-order valence-electron chi connectivity index (χ4n) is 0.109. The first-order valence-corrected chi connectivity index (χ1v) is 3.89. The lowest BCUT2D eigenvalue weighted by Crippen LogP contribution is -2.10. The van der Waals surface area contributed by atoms with Crippen LogP contribution in [0.25, 0.3) is 0 Å². The van der Waals surface area contributed by atoms with E-state index in [1.54, 1.807) is 0 Å². The summed E-state index contributed by atoms with van der Waals surface area (Å²) in [7, 11) is 0.360. The first-order valence-electron chi connectivity index (χ1n) is 1.88. The molecule has 6 heavy (non-hydrogen) atoms. The van der Waals surface area contributed by atoms with Crippen LogP contribution in [-0.2, 0) is 0 Å². The fraction of sp³-hybridized carbons (Fsp3) is 1.00. The van der Waals surface area contributed by atoms with Crippen molar-refractivity contribution >= 4 is 19.3 Å². The van der Waals surface area contributed by atoms with Gasteiger partial charge >= 0.3 is 0 Å². The van der Waals surface area contributed by atoms with Gasteiger partial charge in [-0.3, -0.25) is 5.09 Å². The number of nitrogens with one attached hydrogen (secondary N) is 1. The van der Waals surface area contributed by atoms with Crippen molar-refractivity contribution < 1.29 is 0 Å². The normalized spacial score (nSPS) is 12.0. The molecule has 0 bridgehead atoms. The standard InChI is InChI=1S/C3H9ClNP/c1-3(2)5-6-4/h3,5-6H,1-2H3. The van der Waals surface area contributed by atoms with Gasteiger partial charge in [-0.1, -0.05) is 11.2 Å². The minimum atomic E-state index is 0.360. The van der Waals surface area contributed by atoms with Crippen molar-refractivity contribution in [2.75, 3.05) is 0 Å². The minimum absolute atomic E-state index is 0.360. The molecule has 0 rings (SSSR count). The molecule has 3 heteroatoms. The second-order valence-corrected chi connectivity index (χ2v) is 2.44. The summed E-state index contributed by atoms with van der Waals surface area (Å²) >= 11 is 5.31. The molecule has 0 aliphatic carbocycles. The first-order chi connectivity index (χ1) is 2.77. The van der Waals surface area contributed by atoms with Crippen molar-refractivity contribution in [3.8, 4) is 0 Å². The molecule has 0 saturated heterocycles. The molecule has 1 atom stereocenters. The summed E-state index contributed by atoms with van der Waals surface area (Å²) in [5.74, 6) is 0. The van der Waals surface area contributed by atoms with E-state index >= 15 is 0 Å². The van der Waals surface area contributed by atoms with Crippen molar-refractivity contribution in [2.45, 2.75) is 19.9 Å². The van der Waals surface area contributed by atoms with E-state index in [-0.39, 0.29) is 0 Å². The molecule has 0 heterocycles. The second kappa shape index (κ2) is 3.86. The highest BCUT2D eigenvalue weighted by Crippen LogP contribution is 2.08. The van der Waals surface area contributed by atoms with E-state index in [2.05, 4.69) is 18.9 Å². The monoisotopic (exact) mass is 125 g/mol. The number of halogens is 1. The van der Waals surface area contributed by atoms with Crippen LogP contribution in [0.2, 0.25) is 0 Å². The van der Waals surface area contributed by atoms with Crippen LogP contribution in [0.5, 0.6) is 0 Å². The average Bonchev–Trinajstić information content (AvgIpc) is 1.35. The van der Waals surface area contributed by atoms with Crippen molar-refractivity contribution in [3.05, 3.63) is 0 Å². The summed E-state index contributed by atoms with van der Waals surface area (Å²) in [5.41, 5.74) is 0. The van der Waals surface area contributed by atoms with Gasteiger partial charge in [-0.2, -0.15) is 0 Å². The maximum atomic E-state index is 5.31. The molecule has 0 radical (unpaired) electrons. The number of rotatable bonds is 2. The maximum absolute atomic E-state index is 5.31. The predicted molar refractivity (Wildman–Crippen MR) is 32.4 cm³/mol. The van der Waals surface area contributed by atoms with Gasteiger partial charge in [0.25, 0.3) is 0 Å². The molecule has 0 saturated carbocycles. The fourth-order valence-corrected chi connectivity index (χ4v) is 0.982. The Morgan fingerprint density at radius 1 is 1.67 bits per heavy atom. The van der Waals surface area contributed by atoms with E-state index in [1.807, 2.05) is 0 Å². The van der Waals surface area contributed by atoms with Gasteiger partial charge in [-0.25, -0.2) is 0 Å². The lowest BCUT2D eigenvalue weighted by molar-refractivity contribution is 0.770. The third kappa shape index (κ3) is 4.68. The van der Waals surface area contributed by atoms with Gasteiger partial charge in [0.15, 0.2) is 0 Å². The lowest BCUT2D eigenvalue weighted by atomic mass is 10.4. The largest absolute Gasteiger partial charge is 0.283 e. The minimum Gasteiger partial charge on any atom is -0.283 e. The summed E-state index contributed by atoms with van der Waals surface area (Å²) in [5, 5.41) is 3.00. The molecule has 1 nitrogen and oxygen atoms in total. The molecule has 0 aromatic carbocycles. The molecule has 0 aromatic heterocycles. The molecular formula is C3H9ClNP. The van der Waals surface area contributed by atoms with Crippen LogP contribution in [0.4, 0.5) is 0 Å². The summed E-state index contributed by atoms with van der Waals surface area (Å²) in [6, 6.07) is 0.529. The van der Waals surface area contributed by atoms with E-state index in [0.29, 0.717) is 14.1 Å². The predicted octanol–water partition coefficient (Wildman–Crippen LogP) is 1.73.